The van der Waals surface area contributed by atoms with Crippen LogP contribution in [0.4, 0.5) is 0 Å². The Morgan fingerprint density at radius 3 is 1.39 bits per heavy atom. The highest BCUT2D eigenvalue weighted by Gasteiger charge is 2.29. The molecule has 2 aliphatic rings. The fraction of sp³-hybridized carbons (Fsp3) is 0.200. The van der Waals surface area contributed by atoms with Gasteiger partial charge in [0, 0.05) is 23.1 Å². The lowest BCUT2D eigenvalue weighted by atomic mass is 10.4. The van der Waals surface area contributed by atoms with Crippen LogP contribution in [0.25, 0.3) is 0 Å². The molecule has 4 rings (SSSR count). The third-order valence-corrected chi connectivity index (χ3v) is 11.8. The van der Waals surface area contributed by atoms with Crippen LogP contribution < -0.4 is 9.44 Å². The van der Waals surface area contributed by atoms with Crippen molar-refractivity contribution in [1.29, 1.82) is 0 Å². The molecular weight excluding hydrogens is 652 g/mol. The summed E-state index contributed by atoms with van der Waals surface area (Å²) in [6.07, 6.45) is 0. The van der Waals surface area contributed by atoms with Crippen molar-refractivity contribution in [2.24, 2.45) is 9.98 Å². The second-order valence-electron chi connectivity index (χ2n) is 7.53. The van der Waals surface area contributed by atoms with Crippen LogP contribution in [-0.4, -0.2) is 73.4 Å². The first-order chi connectivity index (χ1) is 18.0. The maximum absolute atomic E-state index is 12.8. The van der Waals surface area contributed by atoms with E-state index in [1.165, 1.54) is 48.5 Å². The number of nitrogens with zero attached hydrogens (tertiary/aromatic N) is 4. The quantitative estimate of drug-likeness (QED) is 0.369. The van der Waals surface area contributed by atoms with Crippen LogP contribution in [0.3, 0.4) is 0 Å². The van der Waals surface area contributed by atoms with E-state index < -0.39 is 20.0 Å². The summed E-state index contributed by atoms with van der Waals surface area (Å²) in [5.74, 6) is 0.200. The third kappa shape index (κ3) is 7.10. The van der Waals surface area contributed by atoms with Gasteiger partial charge in [-0.25, -0.2) is 26.3 Å². The predicted molar refractivity (Wildman–Crippen MR) is 162 cm³/mol. The summed E-state index contributed by atoms with van der Waals surface area (Å²) in [4.78, 5) is 11.6. The van der Waals surface area contributed by atoms with Gasteiger partial charge in [0.1, 0.15) is 0 Å². The fourth-order valence-electron chi connectivity index (χ4n) is 3.17. The van der Waals surface area contributed by atoms with E-state index in [2.05, 4.69) is 19.4 Å². The number of rotatable bonds is 4. The molecule has 0 atom stereocenters. The molecule has 0 radical (unpaired) electrons. The van der Waals surface area contributed by atoms with Gasteiger partial charge in [0.25, 0.3) is 20.0 Å². The molecular formula is C20H18Cl2N6O4S6. The number of halogens is 2. The van der Waals surface area contributed by atoms with Crippen molar-refractivity contribution in [1.82, 2.24) is 19.2 Å². The maximum Gasteiger partial charge on any atom is 0.264 e. The SMILES string of the molecule is O=S(=O)(NC1=NCCN1C(=S)SSC(=S)N1CCN=C1NS(=O)(=O)c1ccc(Cl)cc1)c1ccc(Cl)cc1. The Balaban J connectivity index is 1.35. The zero-order chi connectivity index (χ0) is 27.5. The van der Waals surface area contributed by atoms with E-state index in [4.69, 9.17) is 47.6 Å². The van der Waals surface area contributed by atoms with Crippen LogP contribution in [-0.2, 0) is 20.0 Å². The Hall–Kier alpha value is -1.66. The average Bonchev–Trinajstić information content (AvgIpc) is 3.52. The molecule has 2 heterocycles. The zero-order valence-electron chi connectivity index (χ0n) is 19.1. The number of benzene rings is 2. The average molecular weight is 670 g/mol. The molecule has 2 aromatic carbocycles. The van der Waals surface area contributed by atoms with Crippen molar-refractivity contribution in [3.05, 3.63) is 58.6 Å². The van der Waals surface area contributed by atoms with Crippen molar-refractivity contribution in [2.75, 3.05) is 26.2 Å². The molecule has 202 valence electrons. The van der Waals surface area contributed by atoms with Gasteiger partial charge < -0.3 is 0 Å². The highest BCUT2D eigenvalue weighted by atomic mass is 35.5. The minimum atomic E-state index is -3.90. The number of guanidine groups is 2. The fourth-order valence-corrected chi connectivity index (χ4v) is 8.09. The monoisotopic (exact) mass is 668 g/mol. The second-order valence-corrected chi connectivity index (χ2v) is 15.2. The van der Waals surface area contributed by atoms with Gasteiger partial charge in [-0.2, -0.15) is 0 Å². The van der Waals surface area contributed by atoms with Crippen molar-refractivity contribution < 1.29 is 16.8 Å². The van der Waals surface area contributed by atoms with Crippen LogP contribution in [0.5, 0.6) is 0 Å². The lowest BCUT2D eigenvalue weighted by molar-refractivity contribution is 0.586. The van der Waals surface area contributed by atoms with E-state index in [0.29, 0.717) is 44.9 Å². The zero-order valence-corrected chi connectivity index (χ0v) is 25.5. The van der Waals surface area contributed by atoms with Gasteiger partial charge in [-0.1, -0.05) is 47.6 Å². The topological polar surface area (TPSA) is 124 Å². The first kappa shape index (κ1) is 29.3. The molecule has 2 N–H and O–H groups in total. The van der Waals surface area contributed by atoms with Gasteiger partial charge in [-0.15, -0.1) is 0 Å². The van der Waals surface area contributed by atoms with Crippen molar-refractivity contribution in [3.8, 4) is 0 Å². The van der Waals surface area contributed by atoms with Gasteiger partial charge in [0.15, 0.2) is 8.64 Å². The van der Waals surface area contributed by atoms with Crippen LogP contribution in [0.2, 0.25) is 10.0 Å². The predicted octanol–water partition coefficient (Wildman–Crippen LogP) is 3.54. The standard InChI is InChI=1S/C20H18Cl2N6O4S6/c21-13-1-5-15(6-2-13)37(29,30)25-17-23-9-11-27(17)19(33)35-36-20(34)28-12-10-24-18(28)26-38(31,32)16-7-3-14(22)4-8-16/h1-8H,9-12H2,(H,23,25)(H,24,26). The number of sulfonamides is 2. The summed E-state index contributed by atoms with van der Waals surface area (Å²) in [5.41, 5.74) is 0. The summed E-state index contributed by atoms with van der Waals surface area (Å²) < 4.78 is 56.6. The number of nitrogens with one attached hydrogen (secondary N) is 2. The third-order valence-electron chi connectivity index (χ3n) is 5.01. The Morgan fingerprint density at radius 1 is 0.711 bits per heavy atom. The van der Waals surface area contributed by atoms with Crippen molar-refractivity contribution in [2.45, 2.75) is 9.79 Å². The Kier molecular flexibility index (Phi) is 9.45. The summed E-state index contributed by atoms with van der Waals surface area (Å²) in [6, 6.07) is 11.5. The van der Waals surface area contributed by atoms with E-state index in [-0.39, 0.29) is 21.7 Å². The number of hydrogen-bond donors (Lipinski definition) is 2. The van der Waals surface area contributed by atoms with E-state index in [9.17, 15) is 16.8 Å². The van der Waals surface area contributed by atoms with E-state index >= 15 is 0 Å². The minimum Gasteiger partial charge on any atom is -0.295 e. The molecule has 18 heteroatoms. The van der Waals surface area contributed by atoms with E-state index in [1.807, 2.05) is 0 Å². The van der Waals surface area contributed by atoms with Gasteiger partial charge in [0.2, 0.25) is 11.9 Å². The van der Waals surface area contributed by atoms with Gasteiger partial charge >= 0.3 is 0 Å². The molecule has 0 saturated heterocycles. The second kappa shape index (κ2) is 12.2. The molecule has 2 aliphatic heterocycles. The largest absolute Gasteiger partial charge is 0.295 e. The highest BCUT2D eigenvalue weighted by molar-refractivity contribution is 8.89. The minimum absolute atomic E-state index is 0.0347. The smallest absolute Gasteiger partial charge is 0.264 e. The van der Waals surface area contributed by atoms with E-state index in [1.54, 1.807) is 9.80 Å². The van der Waals surface area contributed by atoms with Gasteiger partial charge in [0.05, 0.1) is 22.9 Å². The molecule has 0 aliphatic carbocycles. The summed E-state index contributed by atoms with van der Waals surface area (Å²) in [7, 11) is -5.55. The van der Waals surface area contributed by atoms with Crippen LogP contribution in [0.1, 0.15) is 0 Å². The number of thiocarbonyl (C=S) groups is 2. The highest BCUT2D eigenvalue weighted by Crippen LogP contribution is 2.30. The molecule has 0 aromatic heterocycles. The van der Waals surface area contributed by atoms with Crippen LogP contribution >= 0.6 is 69.2 Å². The molecule has 10 nitrogen and oxygen atoms in total. The van der Waals surface area contributed by atoms with Crippen LogP contribution in [0, 0.1) is 0 Å². The summed E-state index contributed by atoms with van der Waals surface area (Å²) in [6.45, 7) is 1.47. The number of aliphatic imine (C=N–C) groups is 2. The molecule has 0 fully saturated rings. The Morgan fingerprint density at radius 2 is 1.05 bits per heavy atom. The molecule has 0 bridgehead atoms. The maximum atomic E-state index is 12.8. The first-order valence-electron chi connectivity index (χ1n) is 10.6. The molecule has 38 heavy (non-hydrogen) atoms. The van der Waals surface area contributed by atoms with Gasteiger partial charge in [-0.05, 0) is 70.1 Å². The molecule has 0 amide bonds. The summed E-state index contributed by atoms with van der Waals surface area (Å²) in [5, 5.41) is 0.830. The normalized spacial score (nSPS) is 15.7. The number of hydrogen-bond acceptors (Lipinski definition) is 10. The van der Waals surface area contributed by atoms with Crippen molar-refractivity contribution in [3.63, 3.8) is 0 Å². The summed E-state index contributed by atoms with van der Waals surface area (Å²) >= 11 is 22.7. The molecule has 0 spiro atoms. The molecule has 0 saturated carbocycles. The first-order valence-corrected chi connectivity index (χ1v) is 17.3. The van der Waals surface area contributed by atoms with E-state index in [0.717, 1.165) is 21.6 Å². The Bertz CT molecular complexity index is 1400. The van der Waals surface area contributed by atoms with Crippen LogP contribution in [0.15, 0.2) is 68.3 Å². The van der Waals surface area contributed by atoms with Gasteiger partial charge in [-0.3, -0.25) is 19.8 Å². The van der Waals surface area contributed by atoms with Crippen molar-refractivity contribution >= 4 is 110 Å². The molecule has 2 aromatic rings. The lowest BCUT2D eigenvalue weighted by Crippen LogP contribution is -2.44. The Labute approximate surface area is 248 Å². The lowest BCUT2D eigenvalue weighted by Gasteiger charge is -2.23. The molecule has 0 unspecified atom stereocenters.